The number of urea groups is 1. The van der Waals surface area contributed by atoms with Gasteiger partial charge in [0.15, 0.2) is 0 Å². The predicted molar refractivity (Wildman–Crippen MR) is 114 cm³/mol. The van der Waals surface area contributed by atoms with Crippen molar-refractivity contribution in [2.45, 2.75) is 12.5 Å². The van der Waals surface area contributed by atoms with Crippen LogP contribution in [0.2, 0.25) is 0 Å². The molecular formula is C21H30N4O2S. The van der Waals surface area contributed by atoms with E-state index in [1.54, 1.807) is 18.4 Å². The molecule has 6 nitrogen and oxygen atoms in total. The minimum Gasteiger partial charge on any atom is -0.497 e. The number of hydrogen-bond donors (Lipinski definition) is 2. The van der Waals surface area contributed by atoms with Crippen molar-refractivity contribution < 1.29 is 9.53 Å². The van der Waals surface area contributed by atoms with E-state index >= 15 is 0 Å². The molecule has 2 N–H and O–H groups in total. The highest BCUT2D eigenvalue weighted by Crippen LogP contribution is 2.23. The Labute approximate surface area is 171 Å². The van der Waals surface area contributed by atoms with Crippen molar-refractivity contribution in [1.29, 1.82) is 0 Å². The van der Waals surface area contributed by atoms with Crippen LogP contribution in [0.25, 0.3) is 0 Å². The number of rotatable bonds is 8. The highest BCUT2D eigenvalue weighted by Gasteiger charge is 2.24. The van der Waals surface area contributed by atoms with E-state index in [1.165, 1.54) is 11.1 Å². The number of methoxy groups -OCH3 is 1. The molecule has 0 bridgehead atoms. The largest absolute Gasteiger partial charge is 0.497 e. The van der Waals surface area contributed by atoms with Gasteiger partial charge in [0.1, 0.15) is 5.75 Å². The third-order valence-electron chi connectivity index (χ3n) is 5.22. The summed E-state index contributed by atoms with van der Waals surface area (Å²) >= 11 is 1.71. The average Bonchev–Trinajstić information content (AvgIpc) is 3.24. The molecule has 1 fully saturated rings. The Morgan fingerprint density at radius 3 is 2.54 bits per heavy atom. The fourth-order valence-electron chi connectivity index (χ4n) is 3.42. The number of thiophene rings is 1. The maximum atomic E-state index is 12.3. The van der Waals surface area contributed by atoms with Gasteiger partial charge in [0.2, 0.25) is 0 Å². The number of carbonyl (C=O) groups excluding carboxylic acids is 1. The number of amides is 2. The number of piperazine rings is 1. The van der Waals surface area contributed by atoms with Crippen molar-refractivity contribution in [3.8, 4) is 5.75 Å². The molecule has 1 aliphatic heterocycles. The summed E-state index contributed by atoms with van der Waals surface area (Å²) in [5.41, 5.74) is 2.46. The Morgan fingerprint density at radius 2 is 1.89 bits per heavy atom. The zero-order chi connectivity index (χ0) is 19.8. The van der Waals surface area contributed by atoms with Gasteiger partial charge in [0.05, 0.1) is 13.2 Å². The SMILES string of the molecule is COc1ccc(CCNC(=O)NCC(c2ccsc2)N2CCN(C)CC2)cc1. The van der Waals surface area contributed by atoms with Crippen LogP contribution in [0.4, 0.5) is 4.79 Å². The third-order valence-corrected chi connectivity index (χ3v) is 5.92. The molecule has 2 heterocycles. The van der Waals surface area contributed by atoms with Crippen molar-refractivity contribution >= 4 is 17.4 Å². The molecule has 1 saturated heterocycles. The van der Waals surface area contributed by atoms with Crippen LogP contribution in [0.5, 0.6) is 5.75 Å². The summed E-state index contributed by atoms with van der Waals surface area (Å²) in [6.07, 6.45) is 0.795. The van der Waals surface area contributed by atoms with Gasteiger partial charge in [-0.3, -0.25) is 4.90 Å². The van der Waals surface area contributed by atoms with Crippen LogP contribution in [0.3, 0.4) is 0 Å². The third kappa shape index (κ3) is 5.95. The van der Waals surface area contributed by atoms with Crippen LogP contribution < -0.4 is 15.4 Å². The molecule has 1 aromatic heterocycles. The lowest BCUT2D eigenvalue weighted by atomic mass is 10.1. The maximum absolute atomic E-state index is 12.3. The zero-order valence-electron chi connectivity index (χ0n) is 16.7. The molecule has 0 radical (unpaired) electrons. The van der Waals surface area contributed by atoms with Gasteiger partial charge in [-0.25, -0.2) is 4.79 Å². The summed E-state index contributed by atoms with van der Waals surface area (Å²) in [6.45, 7) is 5.41. The van der Waals surface area contributed by atoms with E-state index in [2.05, 4.69) is 44.3 Å². The summed E-state index contributed by atoms with van der Waals surface area (Å²) in [7, 11) is 3.82. The first kappa shape index (κ1) is 20.6. The predicted octanol–water partition coefficient (Wildman–Crippen LogP) is 2.59. The standard InChI is InChI=1S/C21H30N4O2S/c1-24-10-12-25(13-11-24)20(18-8-14-28-16-18)15-23-21(26)22-9-7-17-3-5-19(27-2)6-4-17/h3-6,8,14,16,20H,7,9-13,15H2,1-2H3,(H2,22,23,26). The Hall–Kier alpha value is -2.09. The zero-order valence-corrected chi connectivity index (χ0v) is 17.5. The van der Waals surface area contributed by atoms with E-state index in [-0.39, 0.29) is 12.1 Å². The van der Waals surface area contributed by atoms with Crippen molar-refractivity contribution in [3.05, 3.63) is 52.2 Å². The van der Waals surface area contributed by atoms with Crippen molar-refractivity contribution in [1.82, 2.24) is 20.4 Å². The lowest BCUT2D eigenvalue weighted by molar-refractivity contribution is 0.111. The molecule has 1 aromatic carbocycles. The van der Waals surface area contributed by atoms with E-state index in [4.69, 9.17) is 4.74 Å². The molecule has 1 aliphatic rings. The van der Waals surface area contributed by atoms with Gasteiger partial charge in [-0.2, -0.15) is 11.3 Å². The van der Waals surface area contributed by atoms with E-state index in [9.17, 15) is 4.79 Å². The van der Waals surface area contributed by atoms with E-state index in [1.807, 2.05) is 24.3 Å². The summed E-state index contributed by atoms with van der Waals surface area (Å²) in [4.78, 5) is 17.1. The first-order valence-electron chi connectivity index (χ1n) is 9.75. The lowest BCUT2D eigenvalue weighted by Crippen LogP contribution is -2.49. The van der Waals surface area contributed by atoms with Gasteiger partial charge >= 0.3 is 6.03 Å². The number of benzene rings is 1. The summed E-state index contributed by atoms with van der Waals surface area (Å²) in [5, 5.41) is 10.3. The number of carbonyl (C=O) groups is 1. The molecule has 2 aromatic rings. The molecule has 28 heavy (non-hydrogen) atoms. The fourth-order valence-corrected chi connectivity index (χ4v) is 4.13. The smallest absolute Gasteiger partial charge is 0.314 e. The highest BCUT2D eigenvalue weighted by atomic mass is 32.1. The Balaban J connectivity index is 1.45. The molecule has 0 spiro atoms. The Kier molecular flexibility index (Phi) is 7.71. The molecule has 1 atom stereocenters. The van der Waals surface area contributed by atoms with Gasteiger partial charge in [0, 0.05) is 39.3 Å². The summed E-state index contributed by atoms with van der Waals surface area (Å²) in [5.74, 6) is 0.845. The maximum Gasteiger partial charge on any atom is 0.314 e. The van der Waals surface area contributed by atoms with Crippen LogP contribution in [0.1, 0.15) is 17.2 Å². The minimum atomic E-state index is -0.108. The van der Waals surface area contributed by atoms with Crippen molar-refractivity contribution in [2.75, 3.05) is 53.4 Å². The average molecular weight is 403 g/mol. The van der Waals surface area contributed by atoms with Crippen LogP contribution >= 0.6 is 11.3 Å². The molecule has 3 rings (SSSR count). The second-order valence-electron chi connectivity index (χ2n) is 7.15. The number of ether oxygens (including phenoxy) is 1. The molecule has 1 unspecified atom stereocenters. The molecule has 152 valence electrons. The van der Waals surface area contributed by atoms with Crippen LogP contribution in [0.15, 0.2) is 41.1 Å². The second kappa shape index (κ2) is 10.5. The number of likely N-dealkylation sites (N-methyl/N-ethyl adjacent to an activating group) is 1. The van der Waals surface area contributed by atoms with Gasteiger partial charge < -0.3 is 20.3 Å². The summed E-state index contributed by atoms with van der Waals surface area (Å²) in [6, 6.07) is 10.2. The van der Waals surface area contributed by atoms with Crippen molar-refractivity contribution in [3.63, 3.8) is 0 Å². The van der Waals surface area contributed by atoms with E-state index < -0.39 is 0 Å². The number of hydrogen-bond acceptors (Lipinski definition) is 5. The van der Waals surface area contributed by atoms with Gasteiger partial charge in [-0.1, -0.05) is 12.1 Å². The number of nitrogens with zero attached hydrogens (tertiary/aromatic N) is 2. The Morgan fingerprint density at radius 1 is 1.14 bits per heavy atom. The fraction of sp³-hybridized carbons (Fsp3) is 0.476. The quantitative estimate of drug-likeness (QED) is 0.713. The normalized spacial score (nSPS) is 16.5. The first-order valence-corrected chi connectivity index (χ1v) is 10.7. The second-order valence-corrected chi connectivity index (χ2v) is 7.93. The molecule has 7 heteroatoms. The van der Waals surface area contributed by atoms with E-state index in [0.29, 0.717) is 13.1 Å². The molecule has 2 amide bonds. The van der Waals surface area contributed by atoms with Crippen LogP contribution in [-0.4, -0.2) is 69.3 Å². The van der Waals surface area contributed by atoms with Crippen LogP contribution in [0, 0.1) is 0 Å². The number of nitrogens with one attached hydrogen (secondary N) is 2. The van der Waals surface area contributed by atoms with E-state index in [0.717, 1.165) is 38.3 Å². The molecular weight excluding hydrogens is 372 g/mol. The summed E-state index contributed by atoms with van der Waals surface area (Å²) < 4.78 is 5.17. The monoisotopic (exact) mass is 402 g/mol. The minimum absolute atomic E-state index is 0.108. The van der Waals surface area contributed by atoms with Gasteiger partial charge in [0.25, 0.3) is 0 Å². The molecule has 0 saturated carbocycles. The molecule has 0 aliphatic carbocycles. The topological polar surface area (TPSA) is 56.8 Å². The van der Waals surface area contributed by atoms with Gasteiger partial charge in [-0.05, 0) is 53.6 Å². The van der Waals surface area contributed by atoms with Crippen molar-refractivity contribution in [2.24, 2.45) is 0 Å². The highest BCUT2D eigenvalue weighted by molar-refractivity contribution is 7.07. The first-order chi connectivity index (χ1) is 13.7. The Bertz CT molecular complexity index is 713. The van der Waals surface area contributed by atoms with Gasteiger partial charge in [-0.15, -0.1) is 0 Å². The van der Waals surface area contributed by atoms with Crippen LogP contribution in [-0.2, 0) is 6.42 Å². The lowest BCUT2D eigenvalue weighted by Gasteiger charge is -2.38.